The number of hydrogen-bond acceptors (Lipinski definition) is 5. The van der Waals surface area contributed by atoms with Crippen LogP contribution in [0.5, 0.6) is 0 Å². The number of benzene rings is 1. The largest absolute Gasteiger partial charge is 0.383 e. The molecule has 0 bridgehead atoms. The van der Waals surface area contributed by atoms with Gasteiger partial charge in [0.15, 0.2) is 0 Å². The van der Waals surface area contributed by atoms with Gasteiger partial charge in [0.1, 0.15) is 15.7 Å². The summed E-state index contributed by atoms with van der Waals surface area (Å²) in [5.41, 5.74) is 1.47. The molecule has 7 heteroatoms. The molecular weight excluding hydrogens is 331 g/mol. The maximum Gasteiger partial charge on any atom is 0.266 e. The maximum atomic E-state index is 13.1. The van der Waals surface area contributed by atoms with Gasteiger partial charge < -0.3 is 14.4 Å². The molecular formula is C17H21FN2O3S. The SMILES string of the molecule is COCCN(CCOC)C(=O)c1sc(-c2ccc(F)cc2)nc1C. The quantitative estimate of drug-likeness (QED) is 0.733. The van der Waals surface area contributed by atoms with Crippen LogP contribution in [-0.2, 0) is 9.47 Å². The zero-order chi connectivity index (χ0) is 17.5. The Morgan fingerprint density at radius 1 is 1.17 bits per heavy atom. The van der Waals surface area contributed by atoms with Crippen molar-refractivity contribution < 1.29 is 18.7 Å². The van der Waals surface area contributed by atoms with Crippen LogP contribution in [0.15, 0.2) is 24.3 Å². The highest BCUT2D eigenvalue weighted by atomic mass is 32.1. The summed E-state index contributed by atoms with van der Waals surface area (Å²) in [5, 5.41) is 0.703. The van der Waals surface area contributed by atoms with Crippen molar-refractivity contribution in [3.05, 3.63) is 40.7 Å². The molecule has 1 heterocycles. The number of carbonyl (C=O) groups excluding carboxylic acids is 1. The molecule has 0 fully saturated rings. The average Bonchev–Trinajstić information content (AvgIpc) is 2.97. The monoisotopic (exact) mass is 352 g/mol. The summed E-state index contributed by atoms with van der Waals surface area (Å²) in [5.74, 6) is -0.388. The third-order valence-corrected chi connectivity index (χ3v) is 4.69. The molecule has 0 spiro atoms. The molecule has 0 aliphatic carbocycles. The Labute approximate surface area is 145 Å². The number of halogens is 1. The van der Waals surface area contributed by atoms with Gasteiger partial charge in [-0.2, -0.15) is 0 Å². The molecule has 0 unspecified atom stereocenters. The van der Waals surface area contributed by atoms with Gasteiger partial charge in [-0.05, 0) is 31.2 Å². The molecule has 0 aliphatic rings. The van der Waals surface area contributed by atoms with Gasteiger partial charge in [0.25, 0.3) is 5.91 Å². The first kappa shape index (κ1) is 18.5. The molecule has 0 saturated heterocycles. The van der Waals surface area contributed by atoms with Crippen molar-refractivity contribution >= 4 is 17.2 Å². The number of methoxy groups -OCH3 is 2. The average molecular weight is 352 g/mol. The van der Waals surface area contributed by atoms with E-state index >= 15 is 0 Å². The minimum atomic E-state index is -0.298. The van der Waals surface area contributed by atoms with E-state index in [0.717, 1.165) is 5.56 Å². The number of hydrogen-bond donors (Lipinski definition) is 0. The van der Waals surface area contributed by atoms with Crippen LogP contribution >= 0.6 is 11.3 Å². The smallest absolute Gasteiger partial charge is 0.266 e. The van der Waals surface area contributed by atoms with Crippen molar-refractivity contribution in [2.75, 3.05) is 40.5 Å². The molecule has 0 atom stereocenters. The fraction of sp³-hybridized carbons (Fsp3) is 0.412. The van der Waals surface area contributed by atoms with Gasteiger partial charge in [-0.15, -0.1) is 11.3 Å². The number of amides is 1. The maximum absolute atomic E-state index is 13.1. The zero-order valence-corrected chi connectivity index (χ0v) is 14.9. The molecule has 1 amide bonds. The minimum Gasteiger partial charge on any atom is -0.383 e. The van der Waals surface area contributed by atoms with Crippen molar-refractivity contribution in [1.29, 1.82) is 0 Å². The summed E-state index contributed by atoms with van der Waals surface area (Å²) < 4.78 is 23.2. The van der Waals surface area contributed by atoms with E-state index in [4.69, 9.17) is 9.47 Å². The first-order chi connectivity index (χ1) is 11.6. The highest BCUT2D eigenvalue weighted by Crippen LogP contribution is 2.29. The number of rotatable bonds is 8. The third kappa shape index (κ3) is 4.59. The highest BCUT2D eigenvalue weighted by molar-refractivity contribution is 7.17. The Bertz CT molecular complexity index is 665. The molecule has 5 nitrogen and oxygen atoms in total. The van der Waals surface area contributed by atoms with Crippen molar-refractivity contribution in [2.24, 2.45) is 0 Å². The number of carbonyl (C=O) groups is 1. The van der Waals surface area contributed by atoms with E-state index in [1.807, 2.05) is 6.92 Å². The van der Waals surface area contributed by atoms with Crippen LogP contribution in [0, 0.1) is 12.7 Å². The van der Waals surface area contributed by atoms with Gasteiger partial charge in [-0.1, -0.05) is 0 Å². The summed E-state index contributed by atoms with van der Waals surface area (Å²) in [6.07, 6.45) is 0. The first-order valence-corrected chi connectivity index (χ1v) is 8.39. The lowest BCUT2D eigenvalue weighted by atomic mass is 10.2. The summed E-state index contributed by atoms with van der Waals surface area (Å²) in [4.78, 5) is 19.5. The predicted molar refractivity (Wildman–Crippen MR) is 91.9 cm³/mol. The van der Waals surface area contributed by atoms with Gasteiger partial charge in [0.05, 0.1) is 18.9 Å². The first-order valence-electron chi connectivity index (χ1n) is 7.57. The summed E-state index contributed by atoms with van der Waals surface area (Å²) in [7, 11) is 3.20. The van der Waals surface area contributed by atoms with Crippen molar-refractivity contribution in [2.45, 2.75) is 6.92 Å². The van der Waals surface area contributed by atoms with E-state index in [1.165, 1.54) is 23.5 Å². The van der Waals surface area contributed by atoms with E-state index < -0.39 is 0 Å². The van der Waals surface area contributed by atoms with E-state index in [-0.39, 0.29) is 11.7 Å². The Hall–Kier alpha value is -1.83. The van der Waals surface area contributed by atoms with Crippen LogP contribution in [-0.4, -0.2) is 56.3 Å². The van der Waals surface area contributed by atoms with E-state index in [2.05, 4.69) is 4.98 Å². The highest BCUT2D eigenvalue weighted by Gasteiger charge is 2.21. The Morgan fingerprint density at radius 2 is 1.75 bits per heavy atom. The van der Waals surface area contributed by atoms with Crippen molar-refractivity contribution in [3.8, 4) is 10.6 Å². The molecule has 130 valence electrons. The topological polar surface area (TPSA) is 51.7 Å². The van der Waals surface area contributed by atoms with Gasteiger partial charge in [0.2, 0.25) is 0 Å². The number of nitrogens with zero attached hydrogens (tertiary/aromatic N) is 2. The number of ether oxygens (including phenoxy) is 2. The lowest BCUT2D eigenvalue weighted by Gasteiger charge is -2.21. The van der Waals surface area contributed by atoms with Gasteiger partial charge in [-0.3, -0.25) is 4.79 Å². The third-order valence-electron chi connectivity index (χ3n) is 3.50. The van der Waals surface area contributed by atoms with Crippen molar-refractivity contribution in [1.82, 2.24) is 9.88 Å². The number of aromatic nitrogens is 1. The summed E-state index contributed by atoms with van der Waals surface area (Å²) >= 11 is 1.32. The van der Waals surface area contributed by atoms with E-state index in [9.17, 15) is 9.18 Å². The van der Waals surface area contributed by atoms with Crippen molar-refractivity contribution in [3.63, 3.8) is 0 Å². The van der Waals surface area contributed by atoms with Gasteiger partial charge >= 0.3 is 0 Å². The Morgan fingerprint density at radius 3 is 2.29 bits per heavy atom. The lowest BCUT2D eigenvalue weighted by molar-refractivity contribution is 0.0631. The second kappa shape index (κ2) is 8.86. The van der Waals surface area contributed by atoms with Gasteiger partial charge in [0, 0.05) is 32.9 Å². The molecule has 2 aromatic rings. The molecule has 24 heavy (non-hydrogen) atoms. The molecule has 2 rings (SSSR count). The molecule has 0 aliphatic heterocycles. The van der Waals surface area contributed by atoms with Gasteiger partial charge in [-0.25, -0.2) is 9.37 Å². The second-order valence-corrected chi connectivity index (χ2v) is 6.22. The lowest BCUT2D eigenvalue weighted by Crippen LogP contribution is -2.36. The van der Waals surface area contributed by atoms with Crippen LogP contribution < -0.4 is 0 Å². The van der Waals surface area contributed by atoms with Crippen LogP contribution in [0.2, 0.25) is 0 Å². The molecule has 0 N–H and O–H groups in total. The summed E-state index contributed by atoms with van der Waals surface area (Å²) in [6.45, 7) is 3.70. The van der Waals surface area contributed by atoms with E-state index in [1.54, 1.807) is 31.3 Å². The normalized spacial score (nSPS) is 10.8. The fourth-order valence-electron chi connectivity index (χ4n) is 2.17. The number of thiazole rings is 1. The predicted octanol–water partition coefficient (Wildman–Crippen LogP) is 2.99. The Balaban J connectivity index is 2.22. The van der Waals surface area contributed by atoms with Crippen LogP contribution in [0.25, 0.3) is 10.6 Å². The summed E-state index contributed by atoms with van der Waals surface area (Å²) in [6, 6.07) is 6.10. The zero-order valence-electron chi connectivity index (χ0n) is 14.0. The number of aryl methyl sites for hydroxylation is 1. The van der Waals surface area contributed by atoms with Crippen LogP contribution in [0.4, 0.5) is 4.39 Å². The Kier molecular flexibility index (Phi) is 6.84. The fourth-order valence-corrected chi connectivity index (χ4v) is 3.21. The van der Waals surface area contributed by atoms with Crippen LogP contribution in [0.3, 0.4) is 0 Å². The molecule has 1 aromatic carbocycles. The minimum absolute atomic E-state index is 0.0903. The molecule has 0 saturated carbocycles. The molecule has 0 radical (unpaired) electrons. The standard InChI is InChI=1S/C17H21FN2O3S/c1-12-15(17(21)20(8-10-22-2)9-11-23-3)24-16(19-12)13-4-6-14(18)7-5-13/h4-7H,8-11H2,1-3H3. The molecule has 1 aromatic heterocycles. The van der Waals surface area contributed by atoms with Crippen LogP contribution in [0.1, 0.15) is 15.4 Å². The second-order valence-electron chi connectivity index (χ2n) is 5.22. The van der Waals surface area contributed by atoms with E-state index in [0.29, 0.717) is 41.9 Å².